The molecule has 10 heteroatoms. The fourth-order valence-corrected chi connectivity index (χ4v) is 5.12. The molecule has 0 unspecified atom stereocenters. The first-order valence-corrected chi connectivity index (χ1v) is 10.7. The van der Waals surface area contributed by atoms with E-state index in [2.05, 4.69) is 9.62 Å². The van der Waals surface area contributed by atoms with Crippen molar-refractivity contribution in [2.24, 2.45) is 0 Å². The first-order chi connectivity index (χ1) is 13.0. The lowest BCUT2D eigenvalue weighted by molar-refractivity contribution is -0.0201. The van der Waals surface area contributed by atoms with Gasteiger partial charge in [0.25, 0.3) is 0 Å². The monoisotopic (exact) mass is 436 g/mol. The van der Waals surface area contributed by atoms with Crippen molar-refractivity contribution in [3.05, 3.63) is 30.3 Å². The molecule has 0 amide bonds. The molecule has 5 atom stereocenters. The minimum absolute atomic E-state index is 0. The number of ether oxygens (including phenoxy) is 2. The van der Waals surface area contributed by atoms with Crippen molar-refractivity contribution >= 4 is 22.4 Å². The SMILES string of the molecule is COC[C@H]1CCCN1[C@@H]1[C@H](O)[C@H](CO)O[C@@H]1CNS(=O)(=O)c1ccccc1.Cl. The minimum Gasteiger partial charge on any atom is -0.394 e. The topological polar surface area (TPSA) is 108 Å². The van der Waals surface area contributed by atoms with Gasteiger partial charge >= 0.3 is 0 Å². The molecule has 2 aliphatic heterocycles. The summed E-state index contributed by atoms with van der Waals surface area (Å²) in [6.07, 6.45) is -0.260. The van der Waals surface area contributed by atoms with Crippen LogP contribution in [0.15, 0.2) is 35.2 Å². The van der Waals surface area contributed by atoms with Crippen molar-refractivity contribution in [3.8, 4) is 0 Å². The Morgan fingerprint density at radius 1 is 1.29 bits per heavy atom. The molecule has 3 rings (SSSR count). The molecule has 2 aliphatic rings. The summed E-state index contributed by atoms with van der Waals surface area (Å²) in [5.74, 6) is 0. The smallest absolute Gasteiger partial charge is 0.240 e. The Bertz CT molecular complexity index is 707. The van der Waals surface area contributed by atoms with Crippen LogP contribution >= 0.6 is 12.4 Å². The third-order valence-corrected chi connectivity index (χ3v) is 6.77. The Morgan fingerprint density at radius 3 is 2.64 bits per heavy atom. The van der Waals surface area contributed by atoms with Crippen LogP contribution in [0.5, 0.6) is 0 Å². The Morgan fingerprint density at radius 2 is 2.00 bits per heavy atom. The van der Waals surface area contributed by atoms with Crippen LogP contribution in [0.2, 0.25) is 0 Å². The molecule has 0 radical (unpaired) electrons. The molecule has 1 aromatic rings. The van der Waals surface area contributed by atoms with Crippen LogP contribution in [0, 0.1) is 0 Å². The van der Waals surface area contributed by atoms with Gasteiger partial charge in [-0.2, -0.15) is 0 Å². The van der Waals surface area contributed by atoms with Crippen molar-refractivity contribution in [2.45, 2.75) is 48.1 Å². The highest BCUT2D eigenvalue weighted by Gasteiger charge is 2.49. The van der Waals surface area contributed by atoms with E-state index in [1.54, 1.807) is 25.3 Å². The third kappa shape index (κ3) is 5.03. The van der Waals surface area contributed by atoms with Crippen LogP contribution in [0.3, 0.4) is 0 Å². The summed E-state index contributed by atoms with van der Waals surface area (Å²) >= 11 is 0. The number of aliphatic hydroxyl groups excluding tert-OH is 2. The Kier molecular flexibility index (Phi) is 8.65. The van der Waals surface area contributed by atoms with Gasteiger partial charge in [0.05, 0.1) is 30.3 Å². The van der Waals surface area contributed by atoms with Crippen LogP contribution in [0.4, 0.5) is 0 Å². The van der Waals surface area contributed by atoms with E-state index in [1.165, 1.54) is 12.1 Å². The van der Waals surface area contributed by atoms with Gasteiger partial charge in [-0.05, 0) is 31.5 Å². The van der Waals surface area contributed by atoms with Crippen LogP contribution in [0.1, 0.15) is 12.8 Å². The molecule has 0 spiro atoms. The zero-order chi connectivity index (χ0) is 19.4. The van der Waals surface area contributed by atoms with E-state index >= 15 is 0 Å². The van der Waals surface area contributed by atoms with Gasteiger partial charge < -0.3 is 19.7 Å². The second kappa shape index (κ2) is 10.3. The molecule has 0 aliphatic carbocycles. The van der Waals surface area contributed by atoms with Gasteiger partial charge in [0.1, 0.15) is 12.2 Å². The zero-order valence-corrected chi connectivity index (χ0v) is 17.4. The van der Waals surface area contributed by atoms with Crippen molar-refractivity contribution in [1.29, 1.82) is 0 Å². The molecule has 0 aromatic heterocycles. The second-order valence-electron chi connectivity index (χ2n) is 7.03. The van der Waals surface area contributed by atoms with Gasteiger partial charge in [-0.1, -0.05) is 18.2 Å². The second-order valence-corrected chi connectivity index (χ2v) is 8.80. The fraction of sp³-hybridized carbons (Fsp3) is 0.667. The van der Waals surface area contributed by atoms with Gasteiger partial charge in [0, 0.05) is 19.7 Å². The fourth-order valence-electron chi connectivity index (χ4n) is 4.05. The van der Waals surface area contributed by atoms with Gasteiger partial charge in [-0.25, -0.2) is 13.1 Å². The standard InChI is InChI=1S/C18H28N2O6S.ClH/c1-25-12-13-6-5-9-20(13)17-15(26-16(11-21)18(17)22)10-19-27(23,24)14-7-3-2-4-8-14;/h2-4,7-8,13,15-19,21-22H,5-6,9-12H2,1H3;1H/t13-,15-,16+,17+,18-;/m1./s1. The Balaban J connectivity index is 0.00000280. The van der Waals surface area contributed by atoms with Crippen molar-refractivity contribution in [3.63, 3.8) is 0 Å². The van der Waals surface area contributed by atoms with Gasteiger partial charge in [0.2, 0.25) is 10.0 Å². The molecular weight excluding hydrogens is 408 g/mol. The maximum atomic E-state index is 12.5. The van der Waals surface area contributed by atoms with E-state index in [0.717, 1.165) is 19.4 Å². The predicted molar refractivity (Wildman–Crippen MR) is 106 cm³/mol. The molecule has 3 N–H and O–H groups in total. The molecule has 0 saturated carbocycles. The van der Waals surface area contributed by atoms with E-state index in [4.69, 9.17) is 9.47 Å². The first kappa shape index (κ1) is 23.5. The number of likely N-dealkylation sites (tertiary alicyclic amines) is 1. The number of nitrogens with zero attached hydrogens (tertiary/aromatic N) is 1. The maximum absolute atomic E-state index is 12.5. The van der Waals surface area contributed by atoms with E-state index < -0.39 is 34.4 Å². The van der Waals surface area contributed by atoms with Crippen LogP contribution < -0.4 is 4.72 Å². The molecule has 1 aromatic carbocycles. The summed E-state index contributed by atoms with van der Waals surface area (Å²) in [5, 5.41) is 20.2. The highest BCUT2D eigenvalue weighted by molar-refractivity contribution is 7.89. The lowest BCUT2D eigenvalue weighted by Crippen LogP contribution is -2.53. The summed E-state index contributed by atoms with van der Waals surface area (Å²) in [6.45, 7) is 1.02. The molecule has 8 nitrogen and oxygen atoms in total. The van der Waals surface area contributed by atoms with Gasteiger partial charge in [-0.15, -0.1) is 12.4 Å². The highest BCUT2D eigenvalue weighted by atomic mass is 35.5. The lowest BCUT2D eigenvalue weighted by atomic mass is 10.0. The summed E-state index contributed by atoms with van der Waals surface area (Å²) in [6, 6.07) is 7.86. The van der Waals surface area contributed by atoms with E-state index in [-0.39, 0.29) is 36.5 Å². The molecule has 0 bridgehead atoms. The Labute approximate surface area is 172 Å². The predicted octanol–water partition coefficient (Wildman–Crippen LogP) is -0.0133. The van der Waals surface area contributed by atoms with Crippen LogP contribution in [-0.4, -0.2) is 87.3 Å². The summed E-state index contributed by atoms with van der Waals surface area (Å²) < 4.78 is 38.7. The van der Waals surface area contributed by atoms with Crippen molar-refractivity contribution in [1.82, 2.24) is 9.62 Å². The summed E-state index contributed by atoms with van der Waals surface area (Å²) in [5.41, 5.74) is 0. The summed E-state index contributed by atoms with van der Waals surface area (Å²) in [4.78, 5) is 2.31. The number of nitrogens with one attached hydrogen (secondary N) is 1. The van der Waals surface area contributed by atoms with Crippen molar-refractivity contribution in [2.75, 3.05) is 33.4 Å². The number of sulfonamides is 1. The largest absolute Gasteiger partial charge is 0.394 e. The van der Waals surface area contributed by atoms with Crippen LogP contribution in [-0.2, 0) is 19.5 Å². The van der Waals surface area contributed by atoms with E-state index in [1.807, 2.05) is 0 Å². The molecule has 2 saturated heterocycles. The molecular formula is C18H29ClN2O6S. The van der Waals surface area contributed by atoms with Gasteiger partial charge in [-0.3, -0.25) is 4.90 Å². The average molecular weight is 437 g/mol. The maximum Gasteiger partial charge on any atom is 0.240 e. The minimum atomic E-state index is -3.68. The van der Waals surface area contributed by atoms with E-state index in [9.17, 15) is 18.6 Å². The van der Waals surface area contributed by atoms with Crippen molar-refractivity contribution < 1.29 is 28.1 Å². The first-order valence-electron chi connectivity index (χ1n) is 9.21. The number of methoxy groups -OCH3 is 1. The number of rotatable bonds is 8. The quantitative estimate of drug-likeness (QED) is 0.525. The zero-order valence-electron chi connectivity index (χ0n) is 15.8. The summed E-state index contributed by atoms with van der Waals surface area (Å²) in [7, 11) is -2.04. The molecule has 28 heavy (non-hydrogen) atoms. The average Bonchev–Trinajstić information content (AvgIpc) is 3.24. The number of aliphatic hydroxyl groups is 2. The number of hydrogen-bond acceptors (Lipinski definition) is 7. The molecule has 2 fully saturated rings. The number of hydrogen-bond donors (Lipinski definition) is 3. The van der Waals surface area contributed by atoms with E-state index in [0.29, 0.717) is 6.61 Å². The highest BCUT2D eigenvalue weighted by Crippen LogP contribution is 2.31. The molecule has 160 valence electrons. The third-order valence-electron chi connectivity index (χ3n) is 5.33. The van der Waals surface area contributed by atoms with Crippen LogP contribution in [0.25, 0.3) is 0 Å². The lowest BCUT2D eigenvalue weighted by Gasteiger charge is -2.34. The normalized spacial score (nSPS) is 31.0. The molecule has 2 heterocycles. The number of halogens is 1. The van der Waals surface area contributed by atoms with Gasteiger partial charge in [0.15, 0.2) is 0 Å². The number of benzene rings is 1. The Hall–Kier alpha value is -0.780.